The molecule has 0 aromatic carbocycles. The molecule has 1 aliphatic heterocycles. The Morgan fingerprint density at radius 1 is 1.35 bits per heavy atom. The number of ether oxygens (including phenoxy) is 1. The molecular formula is C14H13Cl2N5O2. The van der Waals surface area contributed by atoms with Gasteiger partial charge in [-0.05, 0) is 12.5 Å². The second-order valence-electron chi connectivity index (χ2n) is 5.32. The molecule has 3 aromatic rings. The van der Waals surface area contributed by atoms with Gasteiger partial charge in [0.15, 0.2) is 5.15 Å². The molecule has 1 saturated heterocycles. The van der Waals surface area contributed by atoms with Crippen molar-refractivity contribution in [2.45, 2.75) is 18.4 Å². The number of hydrogen-bond acceptors (Lipinski definition) is 6. The van der Waals surface area contributed by atoms with Crippen LogP contribution in [0.3, 0.4) is 0 Å². The van der Waals surface area contributed by atoms with E-state index in [1.165, 1.54) is 0 Å². The second kappa shape index (κ2) is 5.76. The number of hydrogen-bond donors (Lipinski definition) is 1. The lowest BCUT2D eigenvalue weighted by Crippen LogP contribution is -2.24. The Hall–Kier alpha value is -1.67. The van der Waals surface area contributed by atoms with Gasteiger partial charge in [0.05, 0.1) is 12.0 Å². The van der Waals surface area contributed by atoms with Crippen LogP contribution >= 0.6 is 23.2 Å². The summed E-state index contributed by atoms with van der Waals surface area (Å²) >= 11 is 12.2. The van der Waals surface area contributed by atoms with Crippen molar-refractivity contribution in [3.63, 3.8) is 0 Å². The Bertz CT molecular complexity index is 862. The van der Waals surface area contributed by atoms with Gasteiger partial charge in [0.2, 0.25) is 11.7 Å². The maximum absolute atomic E-state index is 6.24. The molecule has 0 amide bonds. The van der Waals surface area contributed by atoms with Gasteiger partial charge in [0.1, 0.15) is 11.3 Å². The Kier molecular flexibility index (Phi) is 3.73. The normalized spacial score (nSPS) is 21.3. The lowest BCUT2D eigenvalue weighted by atomic mass is 10.0. The minimum atomic E-state index is -0.0974. The van der Waals surface area contributed by atoms with Gasteiger partial charge >= 0.3 is 0 Å². The quantitative estimate of drug-likeness (QED) is 0.777. The highest BCUT2D eigenvalue weighted by Gasteiger charge is 2.33. The zero-order valence-corrected chi connectivity index (χ0v) is 13.5. The van der Waals surface area contributed by atoms with Crippen LogP contribution in [0.25, 0.3) is 17.2 Å². The fourth-order valence-electron chi connectivity index (χ4n) is 2.84. The number of pyridine rings is 1. The van der Waals surface area contributed by atoms with Crippen molar-refractivity contribution in [2.75, 3.05) is 13.2 Å². The molecule has 9 heteroatoms. The molecule has 1 fully saturated rings. The Balaban J connectivity index is 1.76. The van der Waals surface area contributed by atoms with Gasteiger partial charge in [-0.25, -0.2) is 4.98 Å². The summed E-state index contributed by atoms with van der Waals surface area (Å²) in [5.41, 5.74) is 6.90. The van der Waals surface area contributed by atoms with Crippen LogP contribution in [-0.4, -0.2) is 38.8 Å². The van der Waals surface area contributed by atoms with Gasteiger partial charge < -0.3 is 15.0 Å². The van der Waals surface area contributed by atoms with Crippen molar-refractivity contribution < 1.29 is 9.26 Å². The Morgan fingerprint density at radius 2 is 2.22 bits per heavy atom. The number of halogens is 2. The smallest absolute Gasteiger partial charge is 0.232 e. The summed E-state index contributed by atoms with van der Waals surface area (Å²) < 4.78 is 12.7. The standard InChI is InChI=1S/C14H13Cl2N5O2/c15-7-1-3-21-10(5-7)18-12(16)11(21)13-19-14(23-20-13)8-2-4-22-9(8)6-17/h1,3,5,8-9H,2,4,6,17H2. The van der Waals surface area contributed by atoms with Crippen molar-refractivity contribution in [2.24, 2.45) is 5.73 Å². The Labute approximate surface area is 141 Å². The molecule has 0 radical (unpaired) electrons. The molecule has 2 N–H and O–H groups in total. The molecule has 0 bridgehead atoms. The summed E-state index contributed by atoms with van der Waals surface area (Å²) in [7, 11) is 0. The van der Waals surface area contributed by atoms with Crippen molar-refractivity contribution in [1.82, 2.24) is 19.5 Å². The number of rotatable bonds is 3. The average Bonchev–Trinajstić information content (AvgIpc) is 3.22. The van der Waals surface area contributed by atoms with Crippen LogP contribution in [0, 0.1) is 0 Å². The van der Waals surface area contributed by atoms with Crippen LogP contribution in [0.2, 0.25) is 10.2 Å². The van der Waals surface area contributed by atoms with Crippen LogP contribution in [0.5, 0.6) is 0 Å². The topological polar surface area (TPSA) is 91.5 Å². The third-order valence-electron chi connectivity index (χ3n) is 3.96. The minimum absolute atomic E-state index is 0.00801. The third kappa shape index (κ3) is 2.49. The number of fused-ring (bicyclic) bond motifs is 1. The first-order chi connectivity index (χ1) is 11.2. The van der Waals surface area contributed by atoms with E-state index in [-0.39, 0.29) is 17.2 Å². The molecule has 7 nitrogen and oxygen atoms in total. The minimum Gasteiger partial charge on any atom is -0.376 e. The van der Waals surface area contributed by atoms with E-state index in [0.29, 0.717) is 41.2 Å². The first-order valence-electron chi connectivity index (χ1n) is 7.16. The predicted octanol–water partition coefficient (Wildman–Crippen LogP) is 2.52. The molecule has 4 rings (SSSR count). The third-order valence-corrected chi connectivity index (χ3v) is 4.46. The highest BCUT2D eigenvalue weighted by atomic mass is 35.5. The number of nitrogens with two attached hydrogens (primary N) is 1. The summed E-state index contributed by atoms with van der Waals surface area (Å²) in [4.78, 5) is 8.74. The van der Waals surface area contributed by atoms with Crippen LogP contribution in [-0.2, 0) is 4.74 Å². The molecule has 4 heterocycles. The summed E-state index contributed by atoms with van der Waals surface area (Å²) in [5, 5.41) is 4.91. The average molecular weight is 354 g/mol. The van der Waals surface area contributed by atoms with E-state index in [1.54, 1.807) is 22.7 Å². The molecule has 0 aliphatic carbocycles. The first-order valence-corrected chi connectivity index (χ1v) is 7.91. The van der Waals surface area contributed by atoms with Gasteiger partial charge in [-0.15, -0.1) is 0 Å². The van der Waals surface area contributed by atoms with E-state index in [2.05, 4.69) is 15.1 Å². The van der Waals surface area contributed by atoms with Crippen molar-refractivity contribution in [3.8, 4) is 11.5 Å². The summed E-state index contributed by atoms with van der Waals surface area (Å²) in [6.45, 7) is 1.05. The number of imidazole rings is 1. The Morgan fingerprint density at radius 3 is 3.04 bits per heavy atom. The van der Waals surface area contributed by atoms with Crippen molar-refractivity contribution in [1.29, 1.82) is 0 Å². The van der Waals surface area contributed by atoms with E-state index >= 15 is 0 Å². The zero-order chi connectivity index (χ0) is 16.0. The van der Waals surface area contributed by atoms with Crippen molar-refractivity contribution >= 4 is 28.8 Å². The fraction of sp³-hybridized carbons (Fsp3) is 0.357. The molecular weight excluding hydrogens is 341 g/mol. The van der Waals surface area contributed by atoms with E-state index in [1.807, 2.05) is 0 Å². The monoisotopic (exact) mass is 353 g/mol. The predicted molar refractivity (Wildman–Crippen MR) is 84.7 cm³/mol. The lowest BCUT2D eigenvalue weighted by Gasteiger charge is -2.11. The molecule has 1 aliphatic rings. The molecule has 0 saturated carbocycles. The zero-order valence-electron chi connectivity index (χ0n) is 11.9. The highest BCUT2D eigenvalue weighted by Crippen LogP contribution is 2.33. The molecule has 2 atom stereocenters. The fourth-order valence-corrected chi connectivity index (χ4v) is 3.25. The maximum Gasteiger partial charge on any atom is 0.232 e. The van der Waals surface area contributed by atoms with Crippen molar-refractivity contribution in [3.05, 3.63) is 34.4 Å². The summed E-state index contributed by atoms with van der Waals surface area (Å²) in [6, 6.07) is 3.46. The first kappa shape index (κ1) is 14.9. The van der Waals surface area contributed by atoms with E-state index in [0.717, 1.165) is 6.42 Å². The molecule has 120 valence electrons. The number of nitrogens with zero attached hydrogens (tertiary/aromatic N) is 4. The van der Waals surface area contributed by atoms with Gasteiger partial charge in [-0.3, -0.25) is 4.40 Å². The van der Waals surface area contributed by atoms with Gasteiger partial charge in [-0.1, -0.05) is 28.4 Å². The largest absolute Gasteiger partial charge is 0.376 e. The highest BCUT2D eigenvalue weighted by molar-refractivity contribution is 6.32. The number of aromatic nitrogens is 4. The van der Waals surface area contributed by atoms with E-state index in [9.17, 15) is 0 Å². The molecule has 23 heavy (non-hydrogen) atoms. The van der Waals surface area contributed by atoms with Gasteiger partial charge in [-0.2, -0.15) is 4.98 Å². The molecule has 0 spiro atoms. The summed E-state index contributed by atoms with van der Waals surface area (Å²) in [5.74, 6) is 0.893. The van der Waals surface area contributed by atoms with Crippen LogP contribution in [0.1, 0.15) is 18.2 Å². The van der Waals surface area contributed by atoms with Crippen LogP contribution in [0.4, 0.5) is 0 Å². The maximum atomic E-state index is 6.24. The second-order valence-corrected chi connectivity index (χ2v) is 6.12. The van der Waals surface area contributed by atoms with E-state index < -0.39 is 0 Å². The SMILES string of the molecule is NCC1OCCC1c1nc(-c2c(Cl)nc3cc(Cl)ccn23)no1. The van der Waals surface area contributed by atoms with Crippen LogP contribution < -0.4 is 5.73 Å². The molecule has 3 aromatic heterocycles. The van der Waals surface area contributed by atoms with Gasteiger partial charge in [0, 0.05) is 30.4 Å². The van der Waals surface area contributed by atoms with Crippen LogP contribution in [0.15, 0.2) is 22.9 Å². The van der Waals surface area contributed by atoms with E-state index in [4.69, 9.17) is 38.2 Å². The molecule has 2 unspecified atom stereocenters. The summed E-state index contributed by atoms with van der Waals surface area (Å²) in [6.07, 6.45) is 2.48. The van der Waals surface area contributed by atoms with Gasteiger partial charge in [0.25, 0.3) is 0 Å². The lowest BCUT2D eigenvalue weighted by molar-refractivity contribution is 0.105.